The number of anilines is 2. The van der Waals surface area contributed by atoms with Crippen LogP contribution in [0.25, 0.3) is 11.2 Å². The first-order valence-corrected chi connectivity index (χ1v) is 13.9. The van der Waals surface area contributed by atoms with Gasteiger partial charge in [-0.05, 0) is 24.0 Å². The lowest BCUT2D eigenvalue weighted by Crippen LogP contribution is -2.71. The van der Waals surface area contributed by atoms with Crippen LogP contribution in [0.2, 0.25) is 4.34 Å². The van der Waals surface area contributed by atoms with Crippen LogP contribution in [0.15, 0.2) is 34.8 Å². The first-order chi connectivity index (χ1) is 19.5. The van der Waals surface area contributed by atoms with Crippen molar-refractivity contribution in [1.29, 1.82) is 0 Å². The number of nitrogens with two attached hydrogens (primary N) is 2. The van der Waals surface area contributed by atoms with Crippen LogP contribution < -0.4 is 26.5 Å². The van der Waals surface area contributed by atoms with Gasteiger partial charge in [0.2, 0.25) is 6.10 Å². The summed E-state index contributed by atoms with van der Waals surface area (Å²) in [6.07, 6.45) is 0.281. The number of aromatic amines is 1. The average molecular weight is 622 g/mol. The average Bonchev–Trinajstić information content (AvgIpc) is 3.47. The maximum atomic E-state index is 13.2. The second-order valence-corrected chi connectivity index (χ2v) is 11.5. The molecule has 2 aliphatic heterocycles. The van der Waals surface area contributed by atoms with Crippen molar-refractivity contribution >= 4 is 86.4 Å². The number of fused-ring (bicyclic) bond motifs is 2. The van der Waals surface area contributed by atoms with Crippen molar-refractivity contribution in [2.45, 2.75) is 31.0 Å². The maximum Gasteiger partial charge on any atom is 0.351 e. The summed E-state index contributed by atoms with van der Waals surface area (Å²) in [6, 6.07) is 2.35. The summed E-state index contributed by atoms with van der Waals surface area (Å²) in [5.74, 6) is -4.18. The number of hydrogen-bond acceptors (Lipinski definition) is 13. The van der Waals surface area contributed by atoms with E-state index < -0.39 is 47.0 Å². The number of thiazole rings is 1. The lowest BCUT2D eigenvalue weighted by Gasteiger charge is -2.50. The zero-order valence-corrected chi connectivity index (χ0v) is 23.2. The molecule has 3 aromatic heterocycles. The van der Waals surface area contributed by atoms with E-state index >= 15 is 0 Å². The molecule has 0 bridgehead atoms. The van der Waals surface area contributed by atoms with Gasteiger partial charge in [-0.25, -0.2) is 14.3 Å². The van der Waals surface area contributed by atoms with Crippen molar-refractivity contribution in [3.05, 3.63) is 39.6 Å². The molecule has 5 rings (SSSR count). The standard InChI is InChI=1S/C22H20ClN9O7S2/c1-7(19(35)36)39-30-11(10-14(23)41-22(25)28-10)16(33)27-12-17(34)32-13(20(37)38)8(6-40-18(12)32)5-31-4-2-3-9-15(31)29-21(24)26-9/h2-4,7,12,18H,5-6H2,1H3,(H7,24,25,26,27,28,33,35,36,37,38)/b30-11-/t7-,12+,18?/m0/s1. The zero-order chi connectivity index (χ0) is 29.6. The topological polar surface area (TPSA) is 246 Å². The molecule has 1 unspecified atom stereocenters. The highest BCUT2D eigenvalue weighted by molar-refractivity contribution is 8.00. The largest absolute Gasteiger partial charge is 0.543 e. The van der Waals surface area contributed by atoms with Gasteiger partial charge in [0.25, 0.3) is 11.8 Å². The summed E-state index contributed by atoms with van der Waals surface area (Å²) in [7, 11) is 0. The summed E-state index contributed by atoms with van der Waals surface area (Å²) >= 11 is 8.21. The molecular formula is C22H20ClN9O7S2. The van der Waals surface area contributed by atoms with Crippen LogP contribution in [0, 0.1) is 0 Å². The minimum atomic E-state index is -1.55. The van der Waals surface area contributed by atoms with E-state index in [0.29, 0.717) is 16.7 Å². The Morgan fingerprint density at radius 3 is 2.83 bits per heavy atom. The van der Waals surface area contributed by atoms with E-state index in [1.807, 2.05) is 0 Å². The van der Waals surface area contributed by atoms with Gasteiger partial charge in [0.1, 0.15) is 33.5 Å². The van der Waals surface area contributed by atoms with Gasteiger partial charge in [-0.3, -0.25) is 19.5 Å². The van der Waals surface area contributed by atoms with Crippen LogP contribution in [0.3, 0.4) is 0 Å². The van der Waals surface area contributed by atoms with Crippen molar-refractivity contribution in [2.24, 2.45) is 5.16 Å². The number of β-lactam (4-membered cyclic amide) rings is 1. The van der Waals surface area contributed by atoms with Gasteiger partial charge in [0.15, 0.2) is 10.8 Å². The van der Waals surface area contributed by atoms with Gasteiger partial charge in [-0.1, -0.05) is 28.1 Å². The number of nitrogens with zero attached hydrogens (tertiary/aromatic N) is 5. The molecule has 2 amide bonds. The quantitative estimate of drug-likeness (QED) is 0.0786. The number of carboxylic acid groups (broad SMARTS) is 2. The van der Waals surface area contributed by atoms with E-state index in [1.54, 1.807) is 22.9 Å². The third-order valence-corrected chi connectivity index (χ3v) is 8.53. The molecule has 0 spiro atoms. The Bertz CT molecular complexity index is 1670. The van der Waals surface area contributed by atoms with Crippen molar-refractivity contribution < 1.29 is 38.8 Å². The number of nitrogens with one attached hydrogen (secondary N) is 2. The van der Waals surface area contributed by atoms with Crippen LogP contribution in [0.1, 0.15) is 12.6 Å². The molecule has 0 aromatic carbocycles. The lowest BCUT2D eigenvalue weighted by molar-refractivity contribution is -0.664. The predicted octanol–water partition coefficient (Wildman–Crippen LogP) is -1.58. The summed E-state index contributed by atoms with van der Waals surface area (Å²) < 4.78 is 1.67. The first kappa shape index (κ1) is 28.1. The SMILES string of the molecule is C[C@H](O/N=C(\C(=O)N[C@@H]1C(=O)N2C(C(=O)[O-])=C(C[n+]3cccc4[nH]c(N)nc43)CSC12)c1nc(N)sc1Cl)C(=O)O. The fourth-order valence-electron chi connectivity index (χ4n) is 4.21. The molecule has 19 heteroatoms. The Balaban J connectivity index is 1.39. The number of imidazole rings is 1. The van der Waals surface area contributed by atoms with E-state index in [1.165, 1.54) is 18.7 Å². The number of halogens is 1. The van der Waals surface area contributed by atoms with Crippen LogP contribution in [0.5, 0.6) is 0 Å². The zero-order valence-electron chi connectivity index (χ0n) is 20.9. The third-order valence-electron chi connectivity index (χ3n) is 6.11. The highest BCUT2D eigenvalue weighted by Crippen LogP contribution is 2.40. The van der Waals surface area contributed by atoms with Crippen molar-refractivity contribution in [3.8, 4) is 0 Å². The number of carbonyl (C=O) groups is 4. The first-order valence-electron chi connectivity index (χ1n) is 11.7. The molecule has 0 aliphatic carbocycles. The van der Waals surface area contributed by atoms with Crippen molar-refractivity contribution in [1.82, 2.24) is 25.2 Å². The van der Waals surface area contributed by atoms with Gasteiger partial charge < -0.3 is 36.6 Å². The molecule has 1 saturated heterocycles. The van der Waals surface area contributed by atoms with Crippen molar-refractivity contribution in [3.63, 3.8) is 0 Å². The van der Waals surface area contributed by atoms with Gasteiger partial charge in [0.05, 0.1) is 17.9 Å². The van der Waals surface area contributed by atoms with E-state index in [9.17, 15) is 24.3 Å². The number of carboxylic acids is 2. The minimum absolute atomic E-state index is 0.00729. The van der Waals surface area contributed by atoms with Gasteiger partial charge >= 0.3 is 17.6 Å². The van der Waals surface area contributed by atoms with Crippen LogP contribution >= 0.6 is 34.7 Å². The number of oxime groups is 1. The highest BCUT2D eigenvalue weighted by Gasteiger charge is 2.53. The van der Waals surface area contributed by atoms with E-state index in [4.69, 9.17) is 33.0 Å². The van der Waals surface area contributed by atoms with Gasteiger partial charge in [-0.15, -0.1) is 11.8 Å². The minimum Gasteiger partial charge on any atom is -0.543 e. The van der Waals surface area contributed by atoms with Crippen LogP contribution in [-0.4, -0.2) is 77.7 Å². The fraction of sp³-hybridized carbons (Fsp3) is 0.273. The molecule has 0 saturated carbocycles. The summed E-state index contributed by atoms with van der Waals surface area (Å²) in [4.78, 5) is 66.7. The lowest BCUT2D eigenvalue weighted by atomic mass is 10.0. The van der Waals surface area contributed by atoms with Gasteiger partial charge in [0, 0.05) is 11.3 Å². The number of nitrogen functional groups attached to an aromatic ring is 2. The second-order valence-electron chi connectivity index (χ2n) is 8.80. The number of carbonyl (C=O) groups excluding carboxylic acids is 3. The fourth-order valence-corrected chi connectivity index (χ4v) is 6.48. The monoisotopic (exact) mass is 621 g/mol. The van der Waals surface area contributed by atoms with E-state index in [2.05, 4.69) is 25.4 Å². The molecular weight excluding hydrogens is 602 g/mol. The molecule has 0 radical (unpaired) electrons. The Morgan fingerprint density at radius 1 is 1.41 bits per heavy atom. The Kier molecular flexibility index (Phi) is 7.45. The Morgan fingerprint density at radius 2 is 2.17 bits per heavy atom. The molecule has 1 fully saturated rings. The van der Waals surface area contributed by atoms with Crippen LogP contribution in [0.4, 0.5) is 11.1 Å². The molecule has 41 heavy (non-hydrogen) atoms. The summed E-state index contributed by atoms with van der Waals surface area (Å²) in [5.41, 5.74) is 12.0. The number of aromatic nitrogens is 4. The molecule has 16 nitrogen and oxygen atoms in total. The van der Waals surface area contributed by atoms with E-state index in [-0.39, 0.29) is 39.1 Å². The molecule has 5 heterocycles. The Labute approximate surface area is 243 Å². The normalized spacial score (nSPS) is 19.5. The Hall–Kier alpha value is -4.42. The second kappa shape index (κ2) is 10.9. The molecule has 7 N–H and O–H groups in total. The molecule has 3 atom stereocenters. The molecule has 214 valence electrons. The number of aliphatic carboxylic acids is 2. The smallest absolute Gasteiger partial charge is 0.351 e. The molecule has 2 aliphatic rings. The summed E-state index contributed by atoms with van der Waals surface area (Å²) in [6.45, 7) is 1.28. The summed E-state index contributed by atoms with van der Waals surface area (Å²) in [5, 5.41) is 26.6. The third kappa shape index (κ3) is 5.23. The highest BCUT2D eigenvalue weighted by atomic mass is 35.5. The van der Waals surface area contributed by atoms with Gasteiger partial charge in [-0.2, -0.15) is 0 Å². The van der Waals surface area contributed by atoms with Crippen molar-refractivity contribution in [2.75, 3.05) is 17.2 Å². The maximum absolute atomic E-state index is 13.2. The van der Waals surface area contributed by atoms with E-state index in [0.717, 1.165) is 16.2 Å². The number of rotatable bonds is 9. The number of H-pyrrole nitrogens is 1. The number of thioether (sulfide) groups is 1. The predicted molar refractivity (Wildman–Crippen MR) is 144 cm³/mol. The number of hydrogen-bond donors (Lipinski definition) is 5. The van der Waals surface area contributed by atoms with Crippen LogP contribution in [-0.2, 0) is 30.6 Å². The number of pyridine rings is 1. The number of amides is 2. The molecule has 3 aromatic rings.